The summed E-state index contributed by atoms with van der Waals surface area (Å²) in [5.74, 6) is -0.102. The Morgan fingerprint density at radius 2 is 1.32 bits per heavy atom. The first-order chi connectivity index (χ1) is 13.4. The summed E-state index contributed by atoms with van der Waals surface area (Å²) in [4.78, 5) is 40.9. The molecule has 28 heavy (non-hydrogen) atoms. The summed E-state index contributed by atoms with van der Waals surface area (Å²) in [6.07, 6.45) is 20.8. The largest absolute Gasteiger partial charge is 0.356 e. The molecule has 0 aromatic rings. The van der Waals surface area contributed by atoms with Crippen LogP contribution in [0.15, 0.2) is 12.2 Å². The maximum atomic E-state index is 11.6. The van der Waals surface area contributed by atoms with Gasteiger partial charge in [-0.05, 0) is 43.9 Å². The average molecular weight is 434 g/mol. The van der Waals surface area contributed by atoms with E-state index in [9.17, 15) is 9.59 Å². The molecule has 0 saturated carbocycles. The molecule has 0 rings (SSSR count). The molecule has 0 atom stereocenters. The Hall–Kier alpha value is -0.550. The molecule has 0 heterocycles. The molecule has 0 saturated heterocycles. The van der Waals surface area contributed by atoms with Gasteiger partial charge in [0, 0.05) is 19.4 Å². The molecule has 3 N–H and O–H groups in total. The first-order valence-electron chi connectivity index (χ1n) is 10.9. The van der Waals surface area contributed by atoms with Gasteiger partial charge < -0.3 is 15.1 Å². The number of hydrogen-bond acceptors (Lipinski definition) is 3. The van der Waals surface area contributed by atoms with Crippen molar-refractivity contribution in [2.24, 2.45) is 0 Å². The van der Waals surface area contributed by atoms with Crippen LogP contribution in [0.5, 0.6) is 0 Å². The Morgan fingerprint density at radius 1 is 0.821 bits per heavy atom. The van der Waals surface area contributed by atoms with E-state index < -0.39 is 12.0 Å². The van der Waals surface area contributed by atoms with E-state index in [0.29, 0.717) is 6.42 Å². The molecule has 7 heteroatoms. The maximum Gasteiger partial charge on any atom is 0.250 e. The minimum Gasteiger partial charge on any atom is -0.356 e. The number of unbranched alkanes of at least 4 members (excludes halogenated alkanes) is 11. The SMILES string of the molecule is CCCCCCCC/C=C\CCCCCCCC(=O)NCCC(=O)P(O)(O)=S. The fraction of sp³-hybridized carbons (Fsp3) is 0.810. The van der Waals surface area contributed by atoms with Crippen molar-refractivity contribution in [3.8, 4) is 0 Å². The third-order valence-electron chi connectivity index (χ3n) is 4.65. The van der Waals surface area contributed by atoms with Crippen molar-refractivity contribution in [2.45, 2.75) is 103 Å². The van der Waals surface area contributed by atoms with Crippen molar-refractivity contribution in [1.82, 2.24) is 5.32 Å². The van der Waals surface area contributed by atoms with E-state index in [1.54, 1.807) is 0 Å². The molecule has 0 aliphatic heterocycles. The number of rotatable bonds is 19. The summed E-state index contributed by atoms with van der Waals surface area (Å²) in [5, 5.41) is 2.62. The molecule has 0 aromatic heterocycles. The van der Waals surface area contributed by atoms with Gasteiger partial charge in [-0.25, -0.2) is 0 Å². The maximum absolute atomic E-state index is 11.6. The van der Waals surface area contributed by atoms with E-state index in [1.165, 1.54) is 57.8 Å². The Kier molecular flexibility index (Phi) is 18.1. The molecule has 0 aliphatic carbocycles. The zero-order chi connectivity index (χ0) is 21.1. The van der Waals surface area contributed by atoms with Crippen LogP contribution in [0.25, 0.3) is 0 Å². The van der Waals surface area contributed by atoms with Gasteiger partial charge in [0.05, 0.1) is 0 Å². The monoisotopic (exact) mass is 433 g/mol. The van der Waals surface area contributed by atoms with Crippen LogP contribution in [0, 0.1) is 0 Å². The molecule has 0 aromatic carbocycles. The Bertz CT molecular complexity index is 491. The van der Waals surface area contributed by atoms with Crippen molar-refractivity contribution in [3.63, 3.8) is 0 Å². The highest BCUT2D eigenvalue weighted by molar-refractivity contribution is 8.16. The second kappa shape index (κ2) is 18.5. The lowest BCUT2D eigenvalue weighted by molar-refractivity contribution is -0.121. The Labute approximate surface area is 176 Å². The molecule has 0 unspecified atom stereocenters. The van der Waals surface area contributed by atoms with E-state index in [2.05, 4.69) is 36.2 Å². The smallest absolute Gasteiger partial charge is 0.250 e. The number of carbonyl (C=O) groups is 2. The predicted octanol–water partition coefficient (Wildman–Crippen LogP) is 5.35. The lowest BCUT2D eigenvalue weighted by Crippen LogP contribution is -2.25. The van der Waals surface area contributed by atoms with Crippen LogP contribution in [0.3, 0.4) is 0 Å². The lowest BCUT2D eigenvalue weighted by atomic mass is 10.1. The summed E-state index contributed by atoms with van der Waals surface area (Å²) < 4.78 is 0. The van der Waals surface area contributed by atoms with Crippen LogP contribution in [0.2, 0.25) is 0 Å². The van der Waals surface area contributed by atoms with Gasteiger partial charge in [-0.3, -0.25) is 9.59 Å². The topological polar surface area (TPSA) is 86.6 Å². The fourth-order valence-corrected chi connectivity index (χ4v) is 3.58. The van der Waals surface area contributed by atoms with E-state index in [-0.39, 0.29) is 18.9 Å². The van der Waals surface area contributed by atoms with Gasteiger partial charge in [0.1, 0.15) is 0 Å². The number of carbonyl (C=O) groups excluding carboxylic acids is 2. The van der Waals surface area contributed by atoms with Gasteiger partial charge in [-0.2, -0.15) is 0 Å². The van der Waals surface area contributed by atoms with Crippen molar-refractivity contribution in [3.05, 3.63) is 12.2 Å². The van der Waals surface area contributed by atoms with E-state index in [4.69, 9.17) is 9.79 Å². The van der Waals surface area contributed by atoms with E-state index >= 15 is 0 Å². The molecule has 0 fully saturated rings. The van der Waals surface area contributed by atoms with Gasteiger partial charge in [0.25, 0.3) is 0 Å². The van der Waals surface area contributed by atoms with Crippen molar-refractivity contribution >= 4 is 29.7 Å². The molecular weight excluding hydrogens is 393 g/mol. The zero-order valence-electron chi connectivity index (χ0n) is 17.5. The molecule has 0 bridgehead atoms. The Morgan fingerprint density at radius 3 is 1.86 bits per heavy atom. The van der Waals surface area contributed by atoms with Gasteiger partial charge in [-0.15, -0.1) is 0 Å². The average Bonchev–Trinajstić information content (AvgIpc) is 2.64. The number of nitrogens with one attached hydrogen (secondary N) is 1. The Balaban J connectivity index is 3.36. The van der Waals surface area contributed by atoms with Gasteiger partial charge >= 0.3 is 0 Å². The first kappa shape index (κ1) is 27.5. The van der Waals surface area contributed by atoms with Crippen molar-refractivity contribution < 1.29 is 19.4 Å². The molecule has 164 valence electrons. The predicted molar refractivity (Wildman–Crippen MR) is 121 cm³/mol. The first-order valence-corrected chi connectivity index (χ1v) is 13.6. The normalized spacial score (nSPS) is 11.8. The van der Waals surface area contributed by atoms with Crippen LogP contribution in [0.1, 0.15) is 103 Å². The number of amides is 1. The summed E-state index contributed by atoms with van der Waals surface area (Å²) in [7, 11) is 0. The number of allylic oxidation sites excluding steroid dienone is 2. The molecule has 0 aliphatic rings. The van der Waals surface area contributed by atoms with Crippen LogP contribution >= 0.6 is 6.49 Å². The van der Waals surface area contributed by atoms with E-state index in [1.807, 2.05) is 0 Å². The zero-order valence-corrected chi connectivity index (χ0v) is 19.2. The molecule has 0 radical (unpaired) electrons. The second-order valence-electron chi connectivity index (χ2n) is 7.37. The van der Waals surface area contributed by atoms with Gasteiger partial charge in [-0.1, -0.05) is 70.4 Å². The third kappa shape index (κ3) is 18.8. The fourth-order valence-electron chi connectivity index (χ4n) is 2.90. The highest BCUT2D eigenvalue weighted by atomic mass is 32.5. The quantitative estimate of drug-likeness (QED) is 0.145. The molecule has 0 spiro atoms. The van der Waals surface area contributed by atoms with Gasteiger partial charge in [0.15, 0.2) is 0 Å². The van der Waals surface area contributed by atoms with Gasteiger partial charge in [0.2, 0.25) is 17.9 Å². The summed E-state index contributed by atoms with van der Waals surface area (Å²) in [6.45, 7) is -1.47. The summed E-state index contributed by atoms with van der Waals surface area (Å²) >= 11 is 4.32. The minimum absolute atomic E-state index is 0.102. The van der Waals surface area contributed by atoms with Crippen molar-refractivity contribution in [1.29, 1.82) is 0 Å². The third-order valence-corrected chi connectivity index (χ3v) is 6.14. The van der Waals surface area contributed by atoms with E-state index in [0.717, 1.165) is 25.7 Å². The van der Waals surface area contributed by atoms with Crippen LogP contribution in [-0.4, -0.2) is 27.8 Å². The molecule has 1 amide bonds. The lowest BCUT2D eigenvalue weighted by Gasteiger charge is -2.07. The van der Waals surface area contributed by atoms with Crippen LogP contribution in [-0.2, 0) is 21.4 Å². The van der Waals surface area contributed by atoms with Crippen molar-refractivity contribution in [2.75, 3.05) is 6.54 Å². The molecule has 5 nitrogen and oxygen atoms in total. The standard InChI is InChI=1S/C21H40NO4PS/c1-2-3-4-5-6-7-8-9-10-11-12-13-14-15-16-17-20(23)22-19-18-21(24)27(25,26)28/h9-10H,2-8,11-19H2,1H3,(H,22,23)(H2,25,26,28)/b10-9-. The summed E-state index contributed by atoms with van der Waals surface area (Å²) in [6, 6.07) is 0. The van der Waals surface area contributed by atoms with Crippen LogP contribution in [0.4, 0.5) is 0 Å². The van der Waals surface area contributed by atoms with Crippen LogP contribution < -0.4 is 5.32 Å². The second-order valence-corrected chi connectivity index (χ2v) is 10.5. The highest BCUT2D eigenvalue weighted by Crippen LogP contribution is 2.37. The molecular formula is C21H40NO4PS. The number of hydrogen-bond donors (Lipinski definition) is 3. The highest BCUT2D eigenvalue weighted by Gasteiger charge is 2.19. The summed E-state index contributed by atoms with van der Waals surface area (Å²) in [5.41, 5.74) is -0.760. The minimum atomic E-state index is -3.83.